The van der Waals surface area contributed by atoms with Crippen LogP contribution in [-0.4, -0.2) is 11.6 Å². The smallest absolute Gasteiger partial charge is 0.196 e. The molecular weight excluding hydrogens is 542 g/mol. The highest BCUT2D eigenvalue weighted by atomic mass is 79.9. The van der Waals surface area contributed by atoms with E-state index in [1.807, 2.05) is 67.3 Å². The molecule has 5 rings (SSSR count). The molecule has 0 spiro atoms. The molecule has 0 aliphatic heterocycles. The Kier molecular flexibility index (Phi) is 5.55. The Hall–Kier alpha value is -3.02. The number of anilines is 3. The summed E-state index contributed by atoms with van der Waals surface area (Å²) in [6.45, 7) is 4.06. The first kappa shape index (κ1) is 21.8. The average Bonchev–Trinajstić information content (AvgIpc) is 2.80. The summed E-state index contributed by atoms with van der Waals surface area (Å²) in [6.07, 6.45) is 0. The van der Waals surface area contributed by atoms with Crippen LogP contribution in [0.3, 0.4) is 0 Å². The highest BCUT2D eigenvalue weighted by molar-refractivity contribution is 9.11. The van der Waals surface area contributed by atoms with Crippen molar-refractivity contribution in [2.75, 3.05) is 4.90 Å². The van der Waals surface area contributed by atoms with Crippen LogP contribution < -0.4 is 4.90 Å². The zero-order valence-electron chi connectivity index (χ0n) is 18.0. The lowest BCUT2D eigenvalue weighted by Crippen LogP contribution is -2.24. The number of ketones is 2. The molecule has 4 aromatic rings. The molecule has 162 valence electrons. The molecular formula is C28H19Br2NO2. The van der Waals surface area contributed by atoms with Crippen LogP contribution in [0.2, 0.25) is 0 Å². The van der Waals surface area contributed by atoms with E-state index in [2.05, 4.69) is 31.9 Å². The van der Waals surface area contributed by atoms with Gasteiger partial charge >= 0.3 is 0 Å². The molecule has 33 heavy (non-hydrogen) atoms. The Morgan fingerprint density at radius 1 is 0.576 bits per heavy atom. The van der Waals surface area contributed by atoms with Gasteiger partial charge in [-0.25, -0.2) is 0 Å². The third-order valence-electron chi connectivity index (χ3n) is 5.86. The number of carbonyl (C=O) groups is 2. The number of carbonyl (C=O) groups excluding carboxylic acids is 2. The molecule has 5 heteroatoms. The molecule has 0 saturated carbocycles. The van der Waals surface area contributed by atoms with Crippen molar-refractivity contribution >= 4 is 60.5 Å². The highest BCUT2D eigenvalue weighted by Crippen LogP contribution is 2.45. The minimum absolute atomic E-state index is 0.132. The van der Waals surface area contributed by atoms with Gasteiger partial charge in [0, 0.05) is 25.6 Å². The third kappa shape index (κ3) is 3.65. The SMILES string of the molecule is Cc1ccc(N(c2ccc(C)cc2Br)c2cccc3c2C(=O)c2ccccc2C3=O)c(Br)c1. The lowest BCUT2D eigenvalue weighted by Gasteiger charge is -2.31. The van der Waals surface area contributed by atoms with E-state index in [4.69, 9.17) is 0 Å². The van der Waals surface area contributed by atoms with E-state index in [0.29, 0.717) is 27.9 Å². The number of aryl methyl sites for hydroxylation is 2. The van der Waals surface area contributed by atoms with Crippen LogP contribution in [0.25, 0.3) is 0 Å². The van der Waals surface area contributed by atoms with Gasteiger partial charge in [0.2, 0.25) is 0 Å². The van der Waals surface area contributed by atoms with E-state index < -0.39 is 0 Å². The van der Waals surface area contributed by atoms with Crippen molar-refractivity contribution in [1.29, 1.82) is 0 Å². The Labute approximate surface area is 209 Å². The zero-order chi connectivity index (χ0) is 23.3. The summed E-state index contributed by atoms with van der Waals surface area (Å²) in [7, 11) is 0. The van der Waals surface area contributed by atoms with Gasteiger partial charge in [-0.3, -0.25) is 9.59 Å². The van der Waals surface area contributed by atoms with Gasteiger partial charge in [0.15, 0.2) is 11.6 Å². The van der Waals surface area contributed by atoms with Gasteiger partial charge in [-0.15, -0.1) is 0 Å². The van der Waals surface area contributed by atoms with E-state index in [1.54, 1.807) is 30.3 Å². The summed E-state index contributed by atoms with van der Waals surface area (Å²) in [5.74, 6) is -0.278. The largest absolute Gasteiger partial charge is 0.307 e. The average molecular weight is 561 g/mol. The second-order valence-corrected chi connectivity index (χ2v) is 9.86. The van der Waals surface area contributed by atoms with Crippen LogP contribution in [0.1, 0.15) is 43.0 Å². The molecule has 0 aromatic heterocycles. The van der Waals surface area contributed by atoms with E-state index in [1.165, 1.54) is 0 Å². The van der Waals surface area contributed by atoms with Crippen LogP contribution in [-0.2, 0) is 0 Å². The van der Waals surface area contributed by atoms with Gasteiger partial charge in [0.25, 0.3) is 0 Å². The Bertz CT molecular complexity index is 1410. The number of nitrogens with zero attached hydrogens (tertiary/aromatic N) is 1. The summed E-state index contributed by atoms with van der Waals surface area (Å²) in [6, 6.07) is 24.7. The normalized spacial score (nSPS) is 12.4. The standard InChI is InChI=1S/C28H19Br2NO2/c1-16-10-12-23(21(29)14-16)31(24-13-11-17(2)15-22(24)30)25-9-5-8-20-26(25)28(33)19-7-4-3-6-18(19)27(20)32/h3-15H,1-2H3. The molecule has 4 aromatic carbocycles. The van der Waals surface area contributed by atoms with Gasteiger partial charge in [-0.05, 0) is 87.2 Å². The minimum Gasteiger partial charge on any atom is -0.307 e. The molecule has 1 aliphatic carbocycles. The van der Waals surface area contributed by atoms with Crippen LogP contribution in [0, 0.1) is 13.8 Å². The second-order valence-electron chi connectivity index (χ2n) is 8.15. The number of rotatable bonds is 3. The maximum absolute atomic E-state index is 13.7. The van der Waals surface area contributed by atoms with Crippen LogP contribution in [0.5, 0.6) is 0 Å². The fourth-order valence-corrected chi connectivity index (χ4v) is 5.63. The molecule has 0 amide bonds. The molecule has 0 unspecified atom stereocenters. The molecule has 0 fully saturated rings. The number of fused-ring (bicyclic) bond motifs is 2. The van der Waals surface area contributed by atoms with Crippen molar-refractivity contribution in [2.45, 2.75) is 13.8 Å². The fraction of sp³-hybridized carbons (Fsp3) is 0.0714. The minimum atomic E-state index is -0.146. The number of hydrogen-bond acceptors (Lipinski definition) is 3. The quantitative estimate of drug-likeness (QED) is 0.224. The number of benzene rings is 4. The third-order valence-corrected chi connectivity index (χ3v) is 7.13. The number of hydrogen-bond donors (Lipinski definition) is 0. The van der Waals surface area contributed by atoms with Gasteiger partial charge in [0.1, 0.15) is 0 Å². The summed E-state index contributed by atoms with van der Waals surface area (Å²) in [5.41, 5.74) is 6.37. The molecule has 0 heterocycles. The summed E-state index contributed by atoms with van der Waals surface area (Å²) < 4.78 is 1.78. The topological polar surface area (TPSA) is 37.4 Å². The lowest BCUT2D eigenvalue weighted by molar-refractivity contribution is 0.0979. The Morgan fingerprint density at radius 3 is 1.64 bits per heavy atom. The van der Waals surface area contributed by atoms with Gasteiger partial charge in [0.05, 0.1) is 22.6 Å². The van der Waals surface area contributed by atoms with E-state index in [9.17, 15) is 9.59 Å². The van der Waals surface area contributed by atoms with E-state index in [-0.39, 0.29) is 11.6 Å². The summed E-state index contributed by atoms with van der Waals surface area (Å²) in [4.78, 5) is 29.1. The van der Waals surface area contributed by atoms with Crippen molar-refractivity contribution < 1.29 is 9.59 Å². The van der Waals surface area contributed by atoms with Crippen molar-refractivity contribution in [3.63, 3.8) is 0 Å². The first-order chi connectivity index (χ1) is 15.9. The van der Waals surface area contributed by atoms with Crippen molar-refractivity contribution in [1.82, 2.24) is 0 Å². The van der Waals surface area contributed by atoms with Crippen molar-refractivity contribution in [3.8, 4) is 0 Å². The predicted octanol–water partition coefficient (Wildman–Crippen LogP) is 8.07. The van der Waals surface area contributed by atoms with Gasteiger partial charge < -0.3 is 4.90 Å². The lowest BCUT2D eigenvalue weighted by atomic mass is 9.83. The van der Waals surface area contributed by atoms with Crippen LogP contribution in [0.15, 0.2) is 87.8 Å². The Morgan fingerprint density at radius 2 is 1.09 bits per heavy atom. The molecule has 0 atom stereocenters. The maximum Gasteiger partial charge on any atom is 0.196 e. The van der Waals surface area contributed by atoms with Crippen LogP contribution in [0.4, 0.5) is 17.1 Å². The maximum atomic E-state index is 13.7. The van der Waals surface area contributed by atoms with Crippen molar-refractivity contribution in [2.24, 2.45) is 0 Å². The van der Waals surface area contributed by atoms with Gasteiger partial charge in [-0.2, -0.15) is 0 Å². The molecule has 3 nitrogen and oxygen atoms in total. The van der Waals surface area contributed by atoms with Crippen LogP contribution >= 0.6 is 31.9 Å². The fourth-order valence-electron chi connectivity index (χ4n) is 4.29. The molecule has 0 saturated heterocycles. The van der Waals surface area contributed by atoms with E-state index >= 15 is 0 Å². The second kappa shape index (κ2) is 8.40. The number of halogens is 2. The first-order valence-corrected chi connectivity index (χ1v) is 12.1. The van der Waals surface area contributed by atoms with Crippen molar-refractivity contribution in [3.05, 3.63) is 121 Å². The molecule has 0 N–H and O–H groups in total. The molecule has 1 aliphatic rings. The highest BCUT2D eigenvalue weighted by Gasteiger charge is 2.34. The summed E-state index contributed by atoms with van der Waals surface area (Å²) in [5, 5.41) is 0. The molecule has 0 bridgehead atoms. The van der Waals surface area contributed by atoms with E-state index in [0.717, 1.165) is 31.4 Å². The monoisotopic (exact) mass is 559 g/mol. The first-order valence-electron chi connectivity index (χ1n) is 10.5. The molecule has 0 radical (unpaired) electrons. The zero-order valence-corrected chi connectivity index (χ0v) is 21.2. The summed E-state index contributed by atoms with van der Waals surface area (Å²) >= 11 is 7.44. The Balaban J connectivity index is 1.82. The van der Waals surface area contributed by atoms with Gasteiger partial charge in [-0.1, -0.05) is 48.5 Å². The predicted molar refractivity (Wildman–Crippen MR) is 139 cm³/mol.